The van der Waals surface area contributed by atoms with Gasteiger partial charge in [0.1, 0.15) is 6.29 Å². The van der Waals surface area contributed by atoms with E-state index >= 15 is 0 Å². The molecular weight excluding hydrogens is 216 g/mol. The summed E-state index contributed by atoms with van der Waals surface area (Å²) in [5.74, 6) is 0.715. The van der Waals surface area contributed by atoms with Gasteiger partial charge in [0.15, 0.2) is 0 Å². The third-order valence-electron chi connectivity index (χ3n) is 2.77. The molecule has 0 aliphatic rings. The summed E-state index contributed by atoms with van der Waals surface area (Å²) in [6, 6.07) is 5.85. The lowest BCUT2D eigenvalue weighted by atomic mass is 9.98. The predicted molar refractivity (Wildman–Crippen MR) is 65.2 cm³/mol. The maximum atomic E-state index is 10.5. The lowest BCUT2D eigenvalue weighted by molar-refractivity contribution is -0.108. The molecule has 1 heterocycles. The van der Waals surface area contributed by atoms with Gasteiger partial charge in [0.25, 0.3) is 0 Å². The molecule has 0 aliphatic carbocycles. The molecule has 0 saturated carbocycles. The largest absolute Gasteiger partial charge is 0.480 e. The van der Waals surface area contributed by atoms with E-state index in [1.165, 1.54) is 0 Å². The number of nitrogens with zero attached hydrogens (tertiary/aromatic N) is 2. The fourth-order valence-electron chi connectivity index (χ4n) is 1.70. The monoisotopic (exact) mass is 230 g/mol. The van der Waals surface area contributed by atoms with E-state index in [-0.39, 0.29) is 5.92 Å². The number of ether oxygens (including phenoxy) is 1. The van der Waals surface area contributed by atoms with Crippen molar-refractivity contribution in [3.8, 4) is 5.88 Å². The van der Waals surface area contributed by atoms with Crippen molar-refractivity contribution in [3.05, 3.63) is 30.0 Å². The maximum absolute atomic E-state index is 10.5. The normalized spacial score (nSPS) is 12.4. The number of hydrogen-bond donors (Lipinski definition) is 0. The summed E-state index contributed by atoms with van der Waals surface area (Å²) in [5, 5.41) is 0. The van der Waals surface area contributed by atoms with Crippen LogP contribution in [0, 0.1) is 0 Å². The number of fused-ring (bicyclic) bond motifs is 1. The van der Waals surface area contributed by atoms with Crippen molar-refractivity contribution < 1.29 is 9.53 Å². The van der Waals surface area contributed by atoms with Gasteiger partial charge in [0.2, 0.25) is 5.88 Å². The Morgan fingerprint density at radius 1 is 1.41 bits per heavy atom. The van der Waals surface area contributed by atoms with E-state index in [0.29, 0.717) is 12.3 Å². The summed E-state index contributed by atoms with van der Waals surface area (Å²) in [6.07, 6.45) is 3.06. The molecular formula is C13H14N2O2. The highest BCUT2D eigenvalue weighted by atomic mass is 16.5. The summed E-state index contributed by atoms with van der Waals surface area (Å²) < 4.78 is 5.02. The number of rotatable bonds is 4. The minimum atomic E-state index is 0.209. The molecule has 1 unspecified atom stereocenters. The molecule has 0 fully saturated rings. The smallest absolute Gasteiger partial charge is 0.232 e. The minimum Gasteiger partial charge on any atom is -0.480 e. The fourth-order valence-corrected chi connectivity index (χ4v) is 1.70. The second kappa shape index (κ2) is 4.91. The van der Waals surface area contributed by atoms with Gasteiger partial charge >= 0.3 is 0 Å². The molecule has 2 rings (SSSR count). The summed E-state index contributed by atoms with van der Waals surface area (Å²) in [5.41, 5.74) is 2.72. The van der Waals surface area contributed by atoms with Crippen molar-refractivity contribution in [2.45, 2.75) is 19.3 Å². The SMILES string of the molecule is COc1cnc2cc(C(C)CC=O)ccc2n1. The topological polar surface area (TPSA) is 52.1 Å². The van der Waals surface area contributed by atoms with E-state index < -0.39 is 0 Å². The van der Waals surface area contributed by atoms with Crippen LogP contribution in [0.25, 0.3) is 11.0 Å². The van der Waals surface area contributed by atoms with Crippen LogP contribution in [0.1, 0.15) is 24.8 Å². The van der Waals surface area contributed by atoms with Crippen LogP contribution in [0.2, 0.25) is 0 Å². The van der Waals surface area contributed by atoms with Crippen molar-refractivity contribution in [3.63, 3.8) is 0 Å². The molecule has 0 radical (unpaired) electrons. The number of carbonyl (C=O) groups is 1. The molecule has 0 bridgehead atoms. The quantitative estimate of drug-likeness (QED) is 0.756. The van der Waals surface area contributed by atoms with Gasteiger partial charge in [-0.15, -0.1) is 0 Å². The Balaban J connectivity index is 2.40. The Labute approximate surface area is 99.7 Å². The van der Waals surface area contributed by atoms with Crippen molar-refractivity contribution in [1.29, 1.82) is 0 Å². The highest BCUT2D eigenvalue weighted by Crippen LogP contribution is 2.22. The molecule has 0 aliphatic heterocycles. The first-order valence-corrected chi connectivity index (χ1v) is 5.49. The third-order valence-corrected chi connectivity index (χ3v) is 2.77. The van der Waals surface area contributed by atoms with E-state index in [2.05, 4.69) is 9.97 Å². The summed E-state index contributed by atoms with van der Waals surface area (Å²) in [4.78, 5) is 19.1. The van der Waals surface area contributed by atoms with Crippen LogP contribution < -0.4 is 4.74 Å². The highest BCUT2D eigenvalue weighted by Gasteiger charge is 2.07. The molecule has 2 aromatic rings. The third kappa shape index (κ3) is 2.41. The average molecular weight is 230 g/mol. The average Bonchev–Trinajstić information content (AvgIpc) is 2.37. The number of benzene rings is 1. The number of carbonyl (C=O) groups excluding carboxylic acids is 1. The first-order valence-electron chi connectivity index (χ1n) is 5.49. The Morgan fingerprint density at radius 2 is 2.24 bits per heavy atom. The van der Waals surface area contributed by atoms with Crippen LogP contribution in [0.4, 0.5) is 0 Å². The van der Waals surface area contributed by atoms with E-state index in [1.54, 1.807) is 13.3 Å². The molecule has 0 amide bonds. The fraction of sp³-hybridized carbons (Fsp3) is 0.308. The maximum Gasteiger partial charge on any atom is 0.232 e. The number of methoxy groups -OCH3 is 1. The van der Waals surface area contributed by atoms with Crippen molar-refractivity contribution in [2.24, 2.45) is 0 Å². The first-order chi connectivity index (χ1) is 8.24. The van der Waals surface area contributed by atoms with Gasteiger partial charge in [-0.1, -0.05) is 13.0 Å². The zero-order valence-electron chi connectivity index (χ0n) is 9.88. The molecule has 1 aromatic heterocycles. The van der Waals surface area contributed by atoms with E-state index in [4.69, 9.17) is 4.74 Å². The van der Waals surface area contributed by atoms with E-state index in [1.807, 2.05) is 25.1 Å². The summed E-state index contributed by atoms with van der Waals surface area (Å²) in [7, 11) is 1.57. The van der Waals surface area contributed by atoms with Crippen LogP contribution >= 0.6 is 0 Å². The van der Waals surface area contributed by atoms with Crippen molar-refractivity contribution in [2.75, 3.05) is 7.11 Å². The Bertz CT molecular complexity index is 540. The minimum absolute atomic E-state index is 0.209. The van der Waals surface area contributed by atoms with Crippen LogP contribution in [0.5, 0.6) is 5.88 Å². The van der Waals surface area contributed by atoms with Crippen molar-refractivity contribution >= 4 is 17.3 Å². The van der Waals surface area contributed by atoms with Crippen LogP contribution in [0.3, 0.4) is 0 Å². The lowest BCUT2D eigenvalue weighted by Gasteiger charge is -2.09. The molecule has 1 atom stereocenters. The Hall–Kier alpha value is -1.97. The molecule has 0 N–H and O–H groups in total. The molecule has 88 valence electrons. The summed E-state index contributed by atoms with van der Waals surface area (Å²) in [6.45, 7) is 2.02. The molecule has 4 nitrogen and oxygen atoms in total. The van der Waals surface area contributed by atoms with Gasteiger partial charge in [-0.25, -0.2) is 9.97 Å². The molecule has 0 saturated heterocycles. The van der Waals surface area contributed by atoms with Gasteiger partial charge in [-0.05, 0) is 23.6 Å². The number of aromatic nitrogens is 2. The van der Waals surface area contributed by atoms with Crippen LogP contribution in [0.15, 0.2) is 24.4 Å². The lowest BCUT2D eigenvalue weighted by Crippen LogP contribution is -1.96. The molecule has 0 spiro atoms. The molecule has 4 heteroatoms. The first kappa shape index (κ1) is 11.5. The van der Waals surface area contributed by atoms with Gasteiger partial charge in [-0.2, -0.15) is 0 Å². The van der Waals surface area contributed by atoms with Crippen molar-refractivity contribution in [1.82, 2.24) is 9.97 Å². The summed E-state index contributed by atoms with van der Waals surface area (Å²) >= 11 is 0. The van der Waals surface area contributed by atoms with E-state index in [9.17, 15) is 4.79 Å². The molecule has 1 aromatic carbocycles. The Kier molecular flexibility index (Phi) is 3.32. The van der Waals surface area contributed by atoms with Gasteiger partial charge in [0.05, 0.1) is 24.3 Å². The van der Waals surface area contributed by atoms with Gasteiger partial charge in [-0.3, -0.25) is 0 Å². The predicted octanol–water partition coefficient (Wildman–Crippen LogP) is 2.33. The van der Waals surface area contributed by atoms with Crippen LogP contribution in [-0.4, -0.2) is 23.4 Å². The zero-order chi connectivity index (χ0) is 12.3. The second-order valence-corrected chi connectivity index (χ2v) is 3.96. The molecule has 17 heavy (non-hydrogen) atoms. The zero-order valence-corrected chi connectivity index (χ0v) is 9.88. The Morgan fingerprint density at radius 3 is 2.94 bits per heavy atom. The number of aldehydes is 1. The van der Waals surface area contributed by atoms with Gasteiger partial charge in [0, 0.05) is 6.42 Å². The van der Waals surface area contributed by atoms with Gasteiger partial charge < -0.3 is 9.53 Å². The van der Waals surface area contributed by atoms with E-state index in [0.717, 1.165) is 22.9 Å². The number of hydrogen-bond acceptors (Lipinski definition) is 4. The highest BCUT2D eigenvalue weighted by molar-refractivity contribution is 5.75. The second-order valence-electron chi connectivity index (χ2n) is 3.96. The van der Waals surface area contributed by atoms with Crippen LogP contribution in [-0.2, 0) is 4.79 Å². The standard InChI is InChI=1S/C13H14N2O2/c1-9(5-6-16)10-3-4-11-12(7-10)14-8-13(15-11)17-2/h3-4,6-9H,5H2,1-2H3.